The van der Waals surface area contributed by atoms with Crippen molar-refractivity contribution >= 4 is 11.6 Å². The molecule has 9 heteroatoms. The van der Waals surface area contributed by atoms with Crippen molar-refractivity contribution in [2.45, 2.75) is 12.7 Å². The van der Waals surface area contributed by atoms with E-state index >= 15 is 0 Å². The molecule has 0 saturated carbocycles. The smallest absolute Gasteiger partial charge is 0.416 e. The number of ether oxygens (including phenoxy) is 1. The summed E-state index contributed by atoms with van der Waals surface area (Å²) in [5.74, 6) is -0.503. The number of amides is 1. The zero-order valence-corrected chi connectivity index (χ0v) is 13.7. The molecule has 0 unspecified atom stereocenters. The first-order valence-corrected chi connectivity index (χ1v) is 7.45. The van der Waals surface area contributed by atoms with Crippen molar-refractivity contribution in [1.82, 2.24) is 4.90 Å². The largest absolute Gasteiger partial charge is 0.477 e. The number of nitro groups is 1. The number of likely N-dealkylation sites (N-methyl/N-ethyl adjacent to an activating group) is 1. The van der Waals surface area contributed by atoms with Gasteiger partial charge in [-0.15, -0.1) is 0 Å². The molecule has 6 nitrogen and oxygen atoms in total. The first-order valence-electron chi connectivity index (χ1n) is 7.45. The normalized spacial score (nSPS) is 11.1. The number of nitrogens with zero attached hydrogens (tertiary/aromatic N) is 2. The summed E-state index contributed by atoms with van der Waals surface area (Å²) in [5.41, 5.74) is -0.514. The van der Waals surface area contributed by atoms with Crippen LogP contribution in [-0.2, 0) is 17.5 Å². The zero-order chi connectivity index (χ0) is 19.3. The lowest BCUT2D eigenvalue weighted by Gasteiger charge is -2.18. The summed E-state index contributed by atoms with van der Waals surface area (Å²) in [7, 11) is 1.46. The molecule has 2 aromatic rings. The van der Waals surface area contributed by atoms with Gasteiger partial charge in [0.25, 0.3) is 5.91 Å². The van der Waals surface area contributed by atoms with Crippen LogP contribution in [0.3, 0.4) is 0 Å². The molecular formula is C17H15F3N2O4. The Kier molecular flexibility index (Phi) is 5.81. The third kappa shape index (κ3) is 4.95. The van der Waals surface area contributed by atoms with Crippen LogP contribution in [0.4, 0.5) is 18.9 Å². The number of halogens is 3. The summed E-state index contributed by atoms with van der Waals surface area (Å²) < 4.78 is 42.8. The second-order valence-electron chi connectivity index (χ2n) is 5.46. The minimum atomic E-state index is -4.42. The average molecular weight is 368 g/mol. The van der Waals surface area contributed by atoms with E-state index in [4.69, 9.17) is 4.74 Å². The van der Waals surface area contributed by atoms with Gasteiger partial charge < -0.3 is 9.64 Å². The zero-order valence-electron chi connectivity index (χ0n) is 13.7. The van der Waals surface area contributed by atoms with Crippen molar-refractivity contribution in [3.8, 4) is 5.75 Å². The lowest BCUT2D eigenvalue weighted by molar-refractivity contribution is -0.385. The molecule has 0 atom stereocenters. The van der Waals surface area contributed by atoms with E-state index in [1.54, 1.807) is 6.07 Å². The number of nitro benzene ring substituents is 1. The van der Waals surface area contributed by atoms with Crippen LogP contribution in [0.2, 0.25) is 0 Å². The second kappa shape index (κ2) is 7.85. The molecule has 0 aliphatic carbocycles. The topological polar surface area (TPSA) is 72.7 Å². The SMILES string of the molecule is CN(Cc1ccc(C(F)(F)F)cc1)C(=O)COc1ccccc1[N+](=O)[O-]. The highest BCUT2D eigenvalue weighted by molar-refractivity contribution is 5.77. The summed E-state index contributed by atoms with van der Waals surface area (Å²) in [6, 6.07) is 10.1. The summed E-state index contributed by atoms with van der Waals surface area (Å²) >= 11 is 0. The third-order valence-electron chi connectivity index (χ3n) is 3.54. The van der Waals surface area contributed by atoms with E-state index < -0.39 is 29.2 Å². The molecule has 0 aliphatic heterocycles. The van der Waals surface area contributed by atoms with Crippen LogP contribution < -0.4 is 4.74 Å². The number of benzene rings is 2. The van der Waals surface area contributed by atoms with Gasteiger partial charge >= 0.3 is 11.9 Å². The van der Waals surface area contributed by atoms with Crippen LogP contribution in [0.15, 0.2) is 48.5 Å². The molecule has 1 amide bonds. The Morgan fingerprint density at radius 1 is 1.15 bits per heavy atom. The Morgan fingerprint density at radius 2 is 1.77 bits per heavy atom. The van der Waals surface area contributed by atoms with Gasteiger partial charge in [0, 0.05) is 19.7 Å². The van der Waals surface area contributed by atoms with Crippen LogP contribution >= 0.6 is 0 Å². The van der Waals surface area contributed by atoms with E-state index in [1.807, 2.05) is 0 Å². The molecular weight excluding hydrogens is 353 g/mol. The monoisotopic (exact) mass is 368 g/mol. The number of carbonyl (C=O) groups excluding carboxylic acids is 1. The van der Waals surface area contributed by atoms with E-state index in [9.17, 15) is 28.1 Å². The van der Waals surface area contributed by atoms with Gasteiger partial charge in [-0.25, -0.2) is 0 Å². The van der Waals surface area contributed by atoms with E-state index in [-0.39, 0.29) is 18.0 Å². The fourth-order valence-corrected chi connectivity index (χ4v) is 2.14. The fourth-order valence-electron chi connectivity index (χ4n) is 2.14. The first-order chi connectivity index (χ1) is 12.2. The maximum Gasteiger partial charge on any atom is 0.416 e. The molecule has 0 fully saturated rings. The van der Waals surface area contributed by atoms with Crippen molar-refractivity contribution < 1.29 is 27.6 Å². The Balaban J connectivity index is 1.95. The van der Waals surface area contributed by atoms with Gasteiger partial charge in [-0.2, -0.15) is 13.2 Å². The molecule has 0 bridgehead atoms. The van der Waals surface area contributed by atoms with Gasteiger partial charge in [-0.1, -0.05) is 24.3 Å². The van der Waals surface area contributed by atoms with Gasteiger partial charge in [0.15, 0.2) is 12.4 Å². The molecule has 0 spiro atoms. The van der Waals surface area contributed by atoms with Crippen LogP contribution in [0.25, 0.3) is 0 Å². The number of hydrogen-bond donors (Lipinski definition) is 0. The molecule has 0 saturated heterocycles. The molecule has 0 radical (unpaired) electrons. The van der Waals surface area contributed by atoms with E-state index in [0.29, 0.717) is 5.56 Å². The van der Waals surface area contributed by atoms with Crippen LogP contribution in [-0.4, -0.2) is 29.4 Å². The Labute approximate surface area is 146 Å². The fraction of sp³-hybridized carbons (Fsp3) is 0.235. The minimum absolute atomic E-state index is 0.0335. The number of para-hydroxylation sites is 2. The van der Waals surface area contributed by atoms with E-state index in [2.05, 4.69) is 0 Å². The van der Waals surface area contributed by atoms with E-state index in [1.165, 1.54) is 42.3 Å². The molecule has 0 aliphatic rings. The highest BCUT2D eigenvalue weighted by Gasteiger charge is 2.30. The standard InChI is InChI=1S/C17H15F3N2O4/c1-21(10-12-6-8-13(9-7-12)17(18,19)20)16(23)11-26-15-5-3-2-4-14(15)22(24)25/h2-9H,10-11H2,1H3. The predicted molar refractivity (Wildman–Crippen MR) is 86.5 cm³/mol. The van der Waals surface area contributed by atoms with Gasteiger partial charge in [-0.05, 0) is 23.8 Å². The second-order valence-corrected chi connectivity index (χ2v) is 5.46. The van der Waals surface area contributed by atoms with Crippen molar-refractivity contribution in [2.75, 3.05) is 13.7 Å². The molecule has 0 N–H and O–H groups in total. The summed E-state index contributed by atoms with van der Waals surface area (Å²) in [6.45, 7) is -0.348. The predicted octanol–water partition coefficient (Wildman–Crippen LogP) is 3.65. The Morgan fingerprint density at radius 3 is 2.35 bits per heavy atom. The number of alkyl halides is 3. The Hall–Kier alpha value is -3.10. The van der Waals surface area contributed by atoms with Crippen LogP contribution in [0.5, 0.6) is 5.75 Å². The lowest BCUT2D eigenvalue weighted by Crippen LogP contribution is -2.31. The molecule has 2 aromatic carbocycles. The van der Waals surface area contributed by atoms with Gasteiger partial charge in [0.1, 0.15) is 0 Å². The molecule has 0 aromatic heterocycles. The summed E-state index contributed by atoms with van der Waals surface area (Å²) in [4.78, 5) is 23.6. The van der Waals surface area contributed by atoms with Crippen molar-refractivity contribution in [2.24, 2.45) is 0 Å². The molecule has 0 heterocycles. The maximum absolute atomic E-state index is 12.5. The van der Waals surface area contributed by atoms with Crippen molar-refractivity contribution in [1.29, 1.82) is 0 Å². The summed E-state index contributed by atoms with van der Waals surface area (Å²) in [5, 5.41) is 10.9. The van der Waals surface area contributed by atoms with Gasteiger partial charge in [0.2, 0.25) is 0 Å². The average Bonchev–Trinajstić information content (AvgIpc) is 2.59. The third-order valence-corrected chi connectivity index (χ3v) is 3.54. The molecule has 138 valence electrons. The maximum atomic E-state index is 12.5. The summed E-state index contributed by atoms with van der Waals surface area (Å²) in [6.07, 6.45) is -4.42. The minimum Gasteiger partial charge on any atom is -0.477 e. The molecule has 2 rings (SSSR count). The quantitative estimate of drug-likeness (QED) is 0.576. The van der Waals surface area contributed by atoms with E-state index in [0.717, 1.165) is 12.1 Å². The highest BCUT2D eigenvalue weighted by Crippen LogP contribution is 2.29. The number of rotatable bonds is 6. The van der Waals surface area contributed by atoms with Gasteiger partial charge in [-0.3, -0.25) is 14.9 Å². The van der Waals surface area contributed by atoms with Crippen molar-refractivity contribution in [3.05, 3.63) is 69.8 Å². The van der Waals surface area contributed by atoms with Crippen molar-refractivity contribution in [3.63, 3.8) is 0 Å². The number of hydrogen-bond acceptors (Lipinski definition) is 4. The number of carbonyl (C=O) groups is 1. The first kappa shape index (κ1) is 19.2. The van der Waals surface area contributed by atoms with Gasteiger partial charge in [0.05, 0.1) is 10.5 Å². The molecule has 26 heavy (non-hydrogen) atoms. The van der Waals surface area contributed by atoms with Crippen LogP contribution in [0, 0.1) is 10.1 Å². The lowest BCUT2D eigenvalue weighted by atomic mass is 10.1. The Bertz CT molecular complexity index is 791. The van der Waals surface area contributed by atoms with Crippen LogP contribution in [0.1, 0.15) is 11.1 Å². The highest BCUT2D eigenvalue weighted by atomic mass is 19.4.